The van der Waals surface area contributed by atoms with Crippen LogP contribution in [-0.4, -0.2) is 15.0 Å². The molecule has 4 nitrogen and oxygen atoms in total. The van der Waals surface area contributed by atoms with E-state index in [9.17, 15) is 0 Å². The first-order valence-corrected chi connectivity index (χ1v) is 6.05. The molecule has 0 amide bonds. The summed E-state index contributed by atoms with van der Waals surface area (Å²) in [7, 11) is 0. The number of nitrogens with one attached hydrogen (secondary N) is 1. The van der Waals surface area contributed by atoms with Crippen molar-refractivity contribution in [2.24, 2.45) is 0 Å². The predicted octanol–water partition coefficient (Wildman–Crippen LogP) is 2.42. The lowest BCUT2D eigenvalue weighted by Crippen LogP contribution is -2.02. The molecule has 2 aromatic heterocycles. The summed E-state index contributed by atoms with van der Waals surface area (Å²) in [4.78, 5) is 13.8. The molecule has 0 aliphatic carbocycles. The number of hydrogen-bond donors (Lipinski definition) is 1. The van der Waals surface area contributed by atoms with Gasteiger partial charge in [0.1, 0.15) is 17.2 Å². The summed E-state index contributed by atoms with van der Waals surface area (Å²) >= 11 is 1.70. The first kappa shape index (κ1) is 11.0. The van der Waals surface area contributed by atoms with Crippen LogP contribution in [0.1, 0.15) is 22.5 Å². The van der Waals surface area contributed by atoms with E-state index >= 15 is 0 Å². The largest absolute Gasteiger partial charge is 0.363 e. The van der Waals surface area contributed by atoms with Crippen LogP contribution < -0.4 is 5.32 Å². The van der Waals surface area contributed by atoms with Crippen molar-refractivity contribution in [3.8, 4) is 0 Å². The van der Waals surface area contributed by atoms with Gasteiger partial charge in [-0.1, -0.05) is 6.92 Å². The maximum atomic E-state index is 4.29. The van der Waals surface area contributed by atoms with Gasteiger partial charge in [-0.15, -0.1) is 11.3 Å². The average molecular weight is 234 g/mol. The van der Waals surface area contributed by atoms with Crippen molar-refractivity contribution in [2.75, 3.05) is 5.32 Å². The Morgan fingerprint density at radius 3 is 2.88 bits per heavy atom. The summed E-state index contributed by atoms with van der Waals surface area (Å²) in [5.74, 6) is 0.861. The second-order valence-electron chi connectivity index (χ2n) is 3.47. The molecule has 2 heterocycles. The van der Waals surface area contributed by atoms with Gasteiger partial charge in [-0.2, -0.15) is 0 Å². The maximum Gasteiger partial charge on any atom is 0.129 e. The molecule has 84 valence electrons. The van der Waals surface area contributed by atoms with E-state index in [4.69, 9.17) is 0 Å². The molecular weight excluding hydrogens is 220 g/mol. The minimum Gasteiger partial charge on any atom is -0.363 e. The fourth-order valence-corrected chi connectivity index (χ4v) is 2.06. The third kappa shape index (κ3) is 2.76. The molecule has 0 unspecified atom stereocenters. The number of hydrogen-bond acceptors (Lipinski definition) is 5. The van der Waals surface area contributed by atoms with Crippen LogP contribution in [0.3, 0.4) is 0 Å². The molecule has 16 heavy (non-hydrogen) atoms. The van der Waals surface area contributed by atoms with E-state index in [1.807, 2.05) is 12.3 Å². The van der Waals surface area contributed by atoms with Crippen LogP contribution in [0.25, 0.3) is 0 Å². The summed E-state index contributed by atoms with van der Waals surface area (Å²) in [6, 6.07) is 1.97. The maximum absolute atomic E-state index is 4.29. The number of anilines is 1. The lowest BCUT2D eigenvalue weighted by Gasteiger charge is -2.03. The Kier molecular flexibility index (Phi) is 3.46. The third-order valence-corrected chi connectivity index (χ3v) is 3.09. The fraction of sp³-hybridized carbons (Fsp3) is 0.364. The Morgan fingerprint density at radius 2 is 2.19 bits per heavy atom. The summed E-state index contributed by atoms with van der Waals surface area (Å²) < 4.78 is 0. The van der Waals surface area contributed by atoms with Gasteiger partial charge >= 0.3 is 0 Å². The second-order valence-corrected chi connectivity index (χ2v) is 4.79. The number of rotatable bonds is 4. The van der Waals surface area contributed by atoms with Gasteiger partial charge < -0.3 is 5.32 Å². The number of aryl methyl sites for hydroxylation is 2. The standard InChI is InChI=1S/C11H14N4S/c1-3-9-4-10(15-7-14-9)12-6-11-13-5-8(2)16-11/h4-5,7H,3,6H2,1-2H3,(H,12,14,15). The second kappa shape index (κ2) is 5.03. The summed E-state index contributed by atoms with van der Waals surface area (Å²) in [6.45, 7) is 4.86. The van der Waals surface area contributed by atoms with Crippen LogP contribution in [0.5, 0.6) is 0 Å². The van der Waals surface area contributed by atoms with Crippen LogP contribution in [-0.2, 0) is 13.0 Å². The van der Waals surface area contributed by atoms with E-state index in [2.05, 4.69) is 34.1 Å². The summed E-state index contributed by atoms with van der Waals surface area (Å²) in [6.07, 6.45) is 4.40. The SMILES string of the molecule is CCc1cc(NCc2ncc(C)s2)ncn1. The molecule has 2 rings (SSSR count). The smallest absolute Gasteiger partial charge is 0.129 e. The molecule has 0 aliphatic rings. The van der Waals surface area contributed by atoms with Crippen LogP contribution >= 0.6 is 11.3 Å². The first-order valence-electron chi connectivity index (χ1n) is 5.24. The Bertz CT molecular complexity index is 467. The Balaban J connectivity index is 1.99. The molecule has 0 saturated carbocycles. The van der Waals surface area contributed by atoms with Crippen molar-refractivity contribution in [3.63, 3.8) is 0 Å². The molecule has 0 radical (unpaired) electrons. The topological polar surface area (TPSA) is 50.7 Å². The zero-order valence-corrected chi connectivity index (χ0v) is 10.2. The summed E-state index contributed by atoms with van der Waals surface area (Å²) in [5, 5.41) is 4.32. The predicted molar refractivity (Wildman–Crippen MR) is 65.6 cm³/mol. The van der Waals surface area contributed by atoms with Crippen molar-refractivity contribution < 1.29 is 0 Å². The number of thiazole rings is 1. The van der Waals surface area contributed by atoms with Gasteiger partial charge in [0, 0.05) is 22.8 Å². The molecule has 1 N–H and O–H groups in total. The van der Waals surface area contributed by atoms with Gasteiger partial charge in [0.05, 0.1) is 6.54 Å². The van der Waals surface area contributed by atoms with Crippen LogP contribution in [0.2, 0.25) is 0 Å². The molecular formula is C11H14N4S. The normalized spacial score (nSPS) is 10.4. The van der Waals surface area contributed by atoms with Crippen molar-refractivity contribution in [2.45, 2.75) is 26.8 Å². The molecule has 0 atom stereocenters. The summed E-state index contributed by atoms with van der Waals surface area (Å²) in [5.41, 5.74) is 1.05. The molecule has 0 bridgehead atoms. The van der Waals surface area contributed by atoms with Crippen LogP contribution in [0, 0.1) is 6.92 Å². The van der Waals surface area contributed by atoms with E-state index in [1.165, 1.54) is 4.88 Å². The fourth-order valence-electron chi connectivity index (χ4n) is 1.34. The molecule has 0 aliphatic heterocycles. The minimum absolute atomic E-state index is 0.721. The van der Waals surface area contributed by atoms with Gasteiger partial charge in [0.25, 0.3) is 0 Å². The van der Waals surface area contributed by atoms with Gasteiger partial charge in [0.15, 0.2) is 0 Å². The molecule has 0 saturated heterocycles. The zero-order valence-electron chi connectivity index (χ0n) is 9.40. The van der Waals surface area contributed by atoms with E-state index in [0.29, 0.717) is 0 Å². The highest BCUT2D eigenvalue weighted by Crippen LogP contribution is 2.13. The monoisotopic (exact) mass is 234 g/mol. The van der Waals surface area contributed by atoms with Crippen molar-refractivity contribution >= 4 is 17.2 Å². The number of nitrogens with zero attached hydrogens (tertiary/aromatic N) is 3. The molecule has 0 aromatic carbocycles. The van der Waals surface area contributed by atoms with Gasteiger partial charge in [-0.3, -0.25) is 0 Å². The zero-order chi connectivity index (χ0) is 11.4. The highest BCUT2D eigenvalue weighted by atomic mass is 32.1. The van der Waals surface area contributed by atoms with E-state index < -0.39 is 0 Å². The van der Waals surface area contributed by atoms with Crippen LogP contribution in [0.4, 0.5) is 5.82 Å². The molecule has 0 fully saturated rings. The Morgan fingerprint density at radius 1 is 1.31 bits per heavy atom. The van der Waals surface area contributed by atoms with Gasteiger partial charge in [-0.05, 0) is 13.3 Å². The van der Waals surface area contributed by atoms with Gasteiger partial charge in [-0.25, -0.2) is 15.0 Å². The quantitative estimate of drug-likeness (QED) is 0.882. The van der Waals surface area contributed by atoms with E-state index in [1.54, 1.807) is 17.7 Å². The Hall–Kier alpha value is -1.49. The highest BCUT2D eigenvalue weighted by Gasteiger charge is 2.00. The van der Waals surface area contributed by atoms with E-state index in [-0.39, 0.29) is 0 Å². The first-order chi connectivity index (χ1) is 7.78. The highest BCUT2D eigenvalue weighted by molar-refractivity contribution is 7.11. The van der Waals surface area contributed by atoms with Crippen molar-refractivity contribution in [1.29, 1.82) is 0 Å². The van der Waals surface area contributed by atoms with Crippen molar-refractivity contribution in [1.82, 2.24) is 15.0 Å². The minimum atomic E-state index is 0.721. The lowest BCUT2D eigenvalue weighted by molar-refractivity contribution is 0.984. The molecule has 0 spiro atoms. The lowest BCUT2D eigenvalue weighted by atomic mass is 10.3. The van der Waals surface area contributed by atoms with Gasteiger partial charge in [0.2, 0.25) is 0 Å². The van der Waals surface area contributed by atoms with Crippen LogP contribution in [0.15, 0.2) is 18.6 Å². The number of aromatic nitrogens is 3. The third-order valence-electron chi connectivity index (χ3n) is 2.18. The Labute approximate surface area is 98.8 Å². The molecule has 2 aromatic rings. The molecule has 5 heteroatoms. The average Bonchev–Trinajstić information content (AvgIpc) is 2.73. The van der Waals surface area contributed by atoms with E-state index in [0.717, 1.165) is 29.5 Å². The van der Waals surface area contributed by atoms with Crippen molar-refractivity contribution in [3.05, 3.63) is 34.2 Å².